The summed E-state index contributed by atoms with van der Waals surface area (Å²) >= 11 is 0. The van der Waals surface area contributed by atoms with Crippen LogP contribution in [0, 0.1) is 23.7 Å². The van der Waals surface area contributed by atoms with E-state index >= 15 is 0 Å². The summed E-state index contributed by atoms with van der Waals surface area (Å²) in [5, 5.41) is 8.54. The zero-order valence-corrected chi connectivity index (χ0v) is 16.4. The molecule has 0 saturated carbocycles. The molecule has 0 aliphatic rings. The molecular weight excluding hydrogens is 315 g/mol. The summed E-state index contributed by atoms with van der Waals surface area (Å²) in [7, 11) is 0. The van der Waals surface area contributed by atoms with Gasteiger partial charge < -0.3 is 5.11 Å². The van der Waals surface area contributed by atoms with Crippen molar-refractivity contribution in [2.45, 2.75) is 116 Å². The van der Waals surface area contributed by atoms with Gasteiger partial charge in [0.1, 0.15) is 0 Å². The topological polar surface area (TPSA) is 37.3 Å². The summed E-state index contributed by atoms with van der Waals surface area (Å²) in [6, 6.07) is 0. The van der Waals surface area contributed by atoms with Gasteiger partial charge in [0.25, 0.3) is 0 Å². The van der Waals surface area contributed by atoms with Crippen LogP contribution < -0.4 is 0 Å². The molecule has 0 aliphatic carbocycles. The van der Waals surface area contributed by atoms with E-state index in [1.807, 2.05) is 0 Å². The number of rotatable bonds is 16. The molecular formula is C23H39LiO2. The normalized spacial score (nSPS) is 9.42. The molecule has 0 atom stereocenters. The van der Waals surface area contributed by atoms with Gasteiger partial charge in [0.05, 0.1) is 0 Å². The maximum absolute atomic E-state index is 10.4. The molecule has 1 N–H and O–H groups in total. The number of hydrogen-bond donors (Lipinski definition) is 1. The minimum absolute atomic E-state index is 0. The summed E-state index contributed by atoms with van der Waals surface area (Å²) in [6.07, 6.45) is 19.5. The van der Waals surface area contributed by atoms with Crippen molar-refractivity contribution in [3.8, 4) is 23.7 Å². The van der Waals surface area contributed by atoms with Crippen molar-refractivity contribution in [3.05, 3.63) is 0 Å². The fourth-order valence-corrected chi connectivity index (χ4v) is 2.76. The van der Waals surface area contributed by atoms with Gasteiger partial charge >= 0.3 is 24.8 Å². The molecule has 0 aromatic rings. The third-order valence-electron chi connectivity index (χ3n) is 4.34. The Hall–Kier alpha value is -0.813. The van der Waals surface area contributed by atoms with E-state index < -0.39 is 5.97 Å². The molecule has 0 spiro atoms. The Kier molecular flexibility index (Phi) is 25.5. The molecule has 0 amide bonds. The van der Waals surface area contributed by atoms with Crippen molar-refractivity contribution in [2.24, 2.45) is 0 Å². The maximum atomic E-state index is 10.4. The van der Waals surface area contributed by atoms with Crippen LogP contribution in [0.4, 0.5) is 0 Å². The second-order valence-corrected chi connectivity index (χ2v) is 6.84. The molecule has 0 radical (unpaired) electrons. The molecule has 0 bridgehead atoms. The van der Waals surface area contributed by atoms with E-state index in [1.165, 1.54) is 64.2 Å². The van der Waals surface area contributed by atoms with Gasteiger partial charge in [-0.05, 0) is 31.1 Å². The van der Waals surface area contributed by atoms with Gasteiger partial charge in [-0.1, -0.05) is 89.4 Å². The third-order valence-corrected chi connectivity index (χ3v) is 4.34. The predicted octanol–water partition coefficient (Wildman–Crippen LogP) is 6.08. The van der Waals surface area contributed by atoms with Crippen LogP contribution in [-0.4, -0.2) is 29.9 Å². The van der Waals surface area contributed by atoms with Crippen LogP contribution in [0.1, 0.15) is 116 Å². The Balaban J connectivity index is 0. The van der Waals surface area contributed by atoms with Crippen molar-refractivity contribution in [1.29, 1.82) is 0 Å². The van der Waals surface area contributed by atoms with Gasteiger partial charge in [0, 0.05) is 19.3 Å². The molecule has 0 unspecified atom stereocenters. The second kappa shape index (κ2) is 24.2. The van der Waals surface area contributed by atoms with E-state index in [-0.39, 0.29) is 18.9 Å². The molecule has 2 nitrogen and oxygen atoms in total. The molecule has 0 saturated heterocycles. The van der Waals surface area contributed by atoms with Crippen LogP contribution in [-0.2, 0) is 4.79 Å². The summed E-state index contributed by atoms with van der Waals surface area (Å²) < 4.78 is 0. The average Bonchev–Trinajstić information content (AvgIpc) is 2.60. The van der Waals surface area contributed by atoms with Crippen LogP contribution >= 0.6 is 0 Å². The van der Waals surface area contributed by atoms with Crippen LogP contribution in [0.5, 0.6) is 0 Å². The Morgan fingerprint density at radius 1 is 0.654 bits per heavy atom. The Labute approximate surface area is 174 Å². The Morgan fingerprint density at radius 3 is 1.46 bits per heavy atom. The van der Waals surface area contributed by atoms with E-state index in [0.717, 1.165) is 38.5 Å². The van der Waals surface area contributed by atoms with E-state index in [9.17, 15) is 4.79 Å². The second-order valence-electron chi connectivity index (χ2n) is 6.84. The van der Waals surface area contributed by atoms with Crippen molar-refractivity contribution < 1.29 is 9.90 Å². The minimum atomic E-state index is -0.682. The van der Waals surface area contributed by atoms with Crippen LogP contribution in [0.3, 0.4) is 0 Å². The molecule has 0 aromatic carbocycles. The van der Waals surface area contributed by atoms with Crippen LogP contribution in [0.25, 0.3) is 0 Å². The van der Waals surface area contributed by atoms with Crippen molar-refractivity contribution in [1.82, 2.24) is 0 Å². The molecule has 26 heavy (non-hydrogen) atoms. The molecule has 144 valence electrons. The van der Waals surface area contributed by atoms with Gasteiger partial charge in [0.2, 0.25) is 0 Å². The first-order valence-electron chi connectivity index (χ1n) is 10.4. The van der Waals surface area contributed by atoms with E-state index in [2.05, 4.69) is 30.6 Å². The number of unbranched alkanes of at least 4 members (excludes halogenated alkanes) is 14. The number of hydrogen-bond acceptors (Lipinski definition) is 1. The van der Waals surface area contributed by atoms with Crippen molar-refractivity contribution in [3.63, 3.8) is 0 Å². The van der Waals surface area contributed by atoms with Crippen LogP contribution in [0.15, 0.2) is 0 Å². The van der Waals surface area contributed by atoms with E-state index in [4.69, 9.17) is 5.11 Å². The average molecular weight is 355 g/mol. The summed E-state index contributed by atoms with van der Waals surface area (Å²) in [5.74, 6) is 11.5. The zero-order chi connectivity index (χ0) is 18.4. The number of carboxylic acid groups (broad SMARTS) is 1. The van der Waals surface area contributed by atoms with Gasteiger partial charge in [-0.15, -0.1) is 0 Å². The van der Waals surface area contributed by atoms with Crippen molar-refractivity contribution in [2.75, 3.05) is 0 Å². The standard InChI is InChI=1S/C23H38O2.Li.H/c1-2-3-4-5-6-7-8-9-10-11-12-13-14-15-16-17-18-19-20-21-22-23(24)25;;/h2-10,15-22H2,1H3,(H,24,25);;. The Bertz CT molecular complexity index is 423. The summed E-state index contributed by atoms with van der Waals surface area (Å²) in [5.41, 5.74) is 0. The quantitative estimate of drug-likeness (QED) is 0.207. The van der Waals surface area contributed by atoms with Gasteiger partial charge in [0.15, 0.2) is 0 Å². The molecule has 0 heterocycles. The predicted molar refractivity (Wildman–Crippen MR) is 114 cm³/mol. The number of carboxylic acids is 1. The number of aliphatic carboxylic acids is 1. The van der Waals surface area contributed by atoms with Gasteiger partial charge in [-0.3, -0.25) is 4.79 Å². The fraction of sp³-hybridized carbons (Fsp3) is 0.783. The first kappa shape index (κ1) is 27.4. The first-order chi connectivity index (χ1) is 12.3. The van der Waals surface area contributed by atoms with E-state index in [1.54, 1.807) is 0 Å². The molecule has 0 aliphatic heterocycles. The van der Waals surface area contributed by atoms with E-state index in [0.29, 0.717) is 6.42 Å². The van der Waals surface area contributed by atoms with Crippen LogP contribution in [0.2, 0.25) is 0 Å². The number of carbonyl (C=O) groups is 1. The monoisotopic (exact) mass is 354 g/mol. The summed E-state index contributed by atoms with van der Waals surface area (Å²) in [4.78, 5) is 10.4. The SMILES string of the molecule is CCCCCCCCCCC#CC#CCCCCCCCCC(=O)O.[LiH]. The molecule has 0 rings (SSSR count). The van der Waals surface area contributed by atoms with Crippen molar-refractivity contribution >= 4 is 24.8 Å². The first-order valence-corrected chi connectivity index (χ1v) is 10.4. The van der Waals surface area contributed by atoms with Gasteiger partial charge in [-0.25, -0.2) is 0 Å². The summed E-state index contributed by atoms with van der Waals surface area (Å²) in [6.45, 7) is 2.26. The Morgan fingerprint density at radius 2 is 1.04 bits per heavy atom. The fourth-order valence-electron chi connectivity index (χ4n) is 2.76. The van der Waals surface area contributed by atoms with Gasteiger partial charge in [-0.2, -0.15) is 0 Å². The zero-order valence-electron chi connectivity index (χ0n) is 16.4. The molecule has 3 heteroatoms. The third kappa shape index (κ3) is 25.4. The molecule has 0 aromatic heterocycles. The molecule has 0 fully saturated rings.